The molecule has 0 aliphatic carbocycles. The van der Waals surface area contributed by atoms with Crippen LogP contribution in [-0.4, -0.2) is 31.7 Å². The molecular formula is C14H17NO2S. The number of rotatable bonds is 6. The van der Waals surface area contributed by atoms with Crippen LogP contribution < -0.4 is 0 Å². The van der Waals surface area contributed by atoms with Crippen molar-refractivity contribution in [3.63, 3.8) is 0 Å². The van der Waals surface area contributed by atoms with Gasteiger partial charge in [-0.1, -0.05) is 12.1 Å². The van der Waals surface area contributed by atoms with Crippen molar-refractivity contribution in [2.75, 3.05) is 25.6 Å². The van der Waals surface area contributed by atoms with Crippen LogP contribution in [0, 0.1) is 11.3 Å². The van der Waals surface area contributed by atoms with Crippen molar-refractivity contribution in [2.45, 2.75) is 23.8 Å². The molecule has 0 aromatic heterocycles. The summed E-state index contributed by atoms with van der Waals surface area (Å²) in [6, 6.07) is 9.86. The standard InChI is InChI=1S/C14H17NO2S/c15-10-12-4-1-2-6-14(12)18-9-8-16-11-13-5-3-7-17-13/h1-2,4,6,13H,3,5,7-9,11H2. The van der Waals surface area contributed by atoms with Gasteiger partial charge in [0, 0.05) is 17.3 Å². The number of nitriles is 1. The molecule has 1 aliphatic heterocycles. The molecule has 96 valence electrons. The molecule has 1 aromatic rings. The Balaban J connectivity index is 1.64. The summed E-state index contributed by atoms with van der Waals surface area (Å²) < 4.78 is 11.1. The quantitative estimate of drug-likeness (QED) is 0.584. The molecule has 1 heterocycles. The molecule has 1 saturated heterocycles. The summed E-state index contributed by atoms with van der Waals surface area (Å²) in [5, 5.41) is 8.95. The molecule has 0 saturated carbocycles. The van der Waals surface area contributed by atoms with Gasteiger partial charge < -0.3 is 9.47 Å². The summed E-state index contributed by atoms with van der Waals surface area (Å²) in [5.41, 5.74) is 0.738. The average molecular weight is 263 g/mol. The average Bonchev–Trinajstić information content (AvgIpc) is 2.92. The molecule has 2 rings (SSSR count). The van der Waals surface area contributed by atoms with Gasteiger partial charge in [-0.05, 0) is 25.0 Å². The molecule has 0 spiro atoms. The van der Waals surface area contributed by atoms with Crippen molar-refractivity contribution >= 4 is 11.8 Å². The topological polar surface area (TPSA) is 42.2 Å². The summed E-state index contributed by atoms with van der Waals surface area (Å²) in [6.45, 7) is 2.27. The van der Waals surface area contributed by atoms with E-state index in [0.29, 0.717) is 19.3 Å². The largest absolute Gasteiger partial charge is 0.378 e. The Morgan fingerprint density at radius 3 is 3.11 bits per heavy atom. The number of hydrogen-bond donors (Lipinski definition) is 0. The molecule has 0 amide bonds. The van der Waals surface area contributed by atoms with Gasteiger partial charge >= 0.3 is 0 Å². The van der Waals surface area contributed by atoms with Crippen LogP contribution in [0.2, 0.25) is 0 Å². The lowest BCUT2D eigenvalue weighted by Crippen LogP contribution is -2.15. The first-order valence-corrected chi connectivity index (χ1v) is 7.20. The summed E-state index contributed by atoms with van der Waals surface area (Å²) >= 11 is 1.67. The molecule has 0 N–H and O–H groups in total. The molecule has 0 radical (unpaired) electrons. The molecule has 0 bridgehead atoms. The maximum Gasteiger partial charge on any atom is 0.100 e. The fourth-order valence-corrected chi connectivity index (χ4v) is 2.75. The normalized spacial score (nSPS) is 18.7. The van der Waals surface area contributed by atoms with Gasteiger partial charge in [-0.15, -0.1) is 11.8 Å². The van der Waals surface area contributed by atoms with E-state index in [2.05, 4.69) is 6.07 Å². The third-order valence-electron chi connectivity index (χ3n) is 2.82. The van der Waals surface area contributed by atoms with Crippen molar-refractivity contribution in [2.24, 2.45) is 0 Å². The zero-order valence-corrected chi connectivity index (χ0v) is 11.1. The highest BCUT2D eigenvalue weighted by Gasteiger charge is 2.14. The Morgan fingerprint density at radius 2 is 2.33 bits per heavy atom. The van der Waals surface area contributed by atoms with Crippen LogP contribution in [0.5, 0.6) is 0 Å². The van der Waals surface area contributed by atoms with Crippen LogP contribution in [0.4, 0.5) is 0 Å². The zero-order valence-electron chi connectivity index (χ0n) is 10.3. The number of thioether (sulfide) groups is 1. The van der Waals surface area contributed by atoms with Crippen molar-refractivity contribution in [3.8, 4) is 6.07 Å². The number of nitrogens with zero attached hydrogens (tertiary/aromatic N) is 1. The van der Waals surface area contributed by atoms with Gasteiger partial charge in [0.2, 0.25) is 0 Å². The molecule has 1 aromatic carbocycles. The lowest BCUT2D eigenvalue weighted by atomic mass is 10.2. The van der Waals surface area contributed by atoms with E-state index in [-0.39, 0.29) is 0 Å². The fourth-order valence-electron chi connectivity index (χ4n) is 1.89. The van der Waals surface area contributed by atoms with Gasteiger partial charge in [-0.3, -0.25) is 0 Å². The molecule has 1 atom stereocenters. The molecule has 1 unspecified atom stereocenters. The van der Waals surface area contributed by atoms with E-state index in [4.69, 9.17) is 14.7 Å². The van der Waals surface area contributed by atoms with E-state index in [1.54, 1.807) is 11.8 Å². The van der Waals surface area contributed by atoms with Crippen LogP contribution >= 0.6 is 11.8 Å². The number of ether oxygens (including phenoxy) is 2. The van der Waals surface area contributed by atoms with E-state index in [1.165, 1.54) is 0 Å². The van der Waals surface area contributed by atoms with Crippen molar-refractivity contribution in [1.82, 2.24) is 0 Å². The van der Waals surface area contributed by atoms with Crippen LogP contribution in [0.3, 0.4) is 0 Å². The van der Waals surface area contributed by atoms with Gasteiger partial charge in [0.15, 0.2) is 0 Å². The number of hydrogen-bond acceptors (Lipinski definition) is 4. The molecule has 18 heavy (non-hydrogen) atoms. The van der Waals surface area contributed by atoms with E-state index in [1.807, 2.05) is 24.3 Å². The van der Waals surface area contributed by atoms with Crippen molar-refractivity contribution in [3.05, 3.63) is 29.8 Å². The Kier molecular flexibility index (Phi) is 5.53. The van der Waals surface area contributed by atoms with E-state index >= 15 is 0 Å². The maximum absolute atomic E-state index is 8.95. The summed E-state index contributed by atoms with van der Waals surface area (Å²) in [7, 11) is 0. The van der Waals surface area contributed by atoms with Gasteiger partial charge in [0.05, 0.1) is 24.9 Å². The highest BCUT2D eigenvalue weighted by atomic mass is 32.2. The minimum Gasteiger partial charge on any atom is -0.378 e. The second-order valence-electron chi connectivity index (χ2n) is 4.17. The van der Waals surface area contributed by atoms with Crippen LogP contribution in [0.1, 0.15) is 18.4 Å². The van der Waals surface area contributed by atoms with Crippen molar-refractivity contribution < 1.29 is 9.47 Å². The number of benzene rings is 1. The minimum atomic E-state index is 0.293. The van der Waals surface area contributed by atoms with Gasteiger partial charge in [0.25, 0.3) is 0 Å². The Labute approximate surface area is 112 Å². The predicted octanol–water partition coefficient (Wildman–Crippen LogP) is 2.85. The van der Waals surface area contributed by atoms with E-state index in [0.717, 1.165) is 35.7 Å². The Hall–Kier alpha value is -1.02. The van der Waals surface area contributed by atoms with E-state index < -0.39 is 0 Å². The SMILES string of the molecule is N#Cc1ccccc1SCCOCC1CCCO1. The minimum absolute atomic E-state index is 0.293. The third kappa shape index (κ3) is 4.02. The summed E-state index contributed by atoms with van der Waals surface area (Å²) in [6.07, 6.45) is 2.56. The van der Waals surface area contributed by atoms with E-state index in [9.17, 15) is 0 Å². The highest BCUT2D eigenvalue weighted by Crippen LogP contribution is 2.21. The maximum atomic E-state index is 8.95. The highest BCUT2D eigenvalue weighted by molar-refractivity contribution is 7.99. The zero-order chi connectivity index (χ0) is 12.6. The van der Waals surface area contributed by atoms with Gasteiger partial charge in [-0.2, -0.15) is 5.26 Å². The van der Waals surface area contributed by atoms with Gasteiger partial charge in [-0.25, -0.2) is 0 Å². The molecule has 4 heteroatoms. The van der Waals surface area contributed by atoms with Gasteiger partial charge in [0.1, 0.15) is 6.07 Å². The lowest BCUT2D eigenvalue weighted by molar-refractivity contribution is 0.0226. The first-order chi connectivity index (χ1) is 8.90. The van der Waals surface area contributed by atoms with Crippen LogP contribution in [-0.2, 0) is 9.47 Å². The Morgan fingerprint density at radius 1 is 1.44 bits per heavy atom. The van der Waals surface area contributed by atoms with Crippen LogP contribution in [0.15, 0.2) is 29.2 Å². The smallest absolute Gasteiger partial charge is 0.100 e. The van der Waals surface area contributed by atoms with Crippen molar-refractivity contribution in [1.29, 1.82) is 5.26 Å². The molecule has 1 fully saturated rings. The molecule has 1 aliphatic rings. The summed E-state index contributed by atoms with van der Waals surface area (Å²) in [4.78, 5) is 1.03. The second-order valence-corrected chi connectivity index (χ2v) is 5.30. The molecular weight excluding hydrogens is 246 g/mol. The predicted molar refractivity (Wildman–Crippen MR) is 71.7 cm³/mol. The second kappa shape index (κ2) is 7.42. The molecule has 3 nitrogen and oxygen atoms in total. The Bertz CT molecular complexity index is 411. The fraction of sp³-hybridized carbons (Fsp3) is 0.500. The lowest BCUT2D eigenvalue weighted by Gasteiger charge is -2.10. The van der Waals surface area contributed by atoms with Crippen LogP contribution in [0.25, 0.3) is 0 Å². The monoisotopic (exact) mass is 263 g/mol. The summed E-state index contributed by atoms with van der Waals surface area (Å²) in [5.74, 6) is 0.866. The third-order valence-corrected chi connectivity index (χ3v) is 3.86. The first kappa shape index (κ1) is 13.4. The first-order valence-electron chi connectivity index (χ1n) is 6.21.